The fraction of sp³-hybridized carbons (Fsp3) is 0.667. The average molecular weight is 147 g/mol. The van der Waals surface area contributed by atoms with Gasteiger partial charge in [-0.05, 0) is 18.0 Å². The molecule has 3 heteroatoms. The van der Waals surface area contributed by atoms with Crippen molar-refractivity contribution < 1.29 is 9.59 Å². The van der Waals surface area contributed by atoms with Gasteiger partial charge in [0.05, 0.1) is 0 Å². The van der Waals surface area contributed by atoms with Crippen LogP contribution in [0.4, 0.5) is 0 Å². The molecule has 0 amide bonds. The third-order valence-corrected chi connectivity index (χ3v) is 1.88. The van der Waals surface area contributed by atoms with E-state index in [0.717, 1.165) is 0 Å². The van der Waals surface area contributed by atoms with Crippen molar-refractivity contribution in [3.63, 3.8) is 0 Å². The Morgan fingerprint density at radius 3 is 2.56 bits per heavy atom. The van der Waals surface area contributed by atoms with Crippen LogP contribution in [0.1, 0.15) is 19.3 Å². The zero-order valence-corrected chi connectivity index (χ0v) is 5.65. The Kier molecular flexibility index (Phi) is 1.86. The van der Waals surface area contributed by atoms with E-state index in [-0.39, 0.29) is 16.9 Å². The summed E-state index contributed by atoms with van der Waals surface area (Å²) in [5.41, 5.74) is 0. The third kappa shape index (κ3) is 1.52. The Balaban J connectivity index is 2.48. The summed E-state index contributed by atoms with van der Waals surface area (Å²) in [6.07, 6.45) is 1.55. The Bertz CT molecular complexity index is 153. The van der Waals surface area contributed by atoms with Gasteiger partial charge in [-0.3, -0.25) is 9.59 Å². The van der Waals surface area contributed by atoms with Gasteiger partial charge in [0.25, 0.3) is 0 Å². The van der Waals surface area contributed by atoms with E-state index in [1.807, 2.05) is 0 Å². The van der Waals surface area contributed by atoms with Gasteiger partial charge in [0.1, 0.15) is 5.78 Å². The standard InChI is InChI=1S/C6H7ClO2/c7-6(9)4-1-2-5(8)3-4/h4H,1-3H2. The summed E-state index contributed by atoms with van der Waals surface area (Å²) in [5, 5.41) is -0.360. The number of rotatable bonds is 1. The van der Waals surface area contributed by atoms with E-state index in [9.17, 15) is 9.59 Å². The molecule has 1 rings (SSSR count). The molecule has 0 aromatic heterocycles. The molecule has 0 bridgehead atoms. The molecule has 1 fully saturated rings. The highest BCUT2D eigenvalue weighted by Crippen LogP contribution is 2.23. The van der Waals surface area contributed by atoms with Crippen LogP contribution in [0, 0.1) is 5.92 Å². The molecule has 1 saturated carbocycles. The number of carbonyl (C=O) groups excluding carboxylic acids is 2. The second kappa shape index (κ2) is 2.48. The van der Waals surface area contributed by atoms with Gasteiger partial charge >= 0.3 is 0 Å². The molecule has 50 valence electrons. The molecule has 0 saturated heterocycles. The Labute approximate surface area is 58.2 Å². The molecule has 9 heavy (non-hydrogen) atoms. The van der Waals surface area contributed by atoms with Crippen molar-refractivity contribution in [3.05, 3.63) is 0 Å². The van der Waals surface area contributed by atoms with Crippen LogP contribution in [-0.4, -0.2) is 11.0 Å². The fourth-order valence-corrected chi connectivity index (χ4v) is 1.19. The maximum Gasteiger partial charge on any atom is 0.225 e. The monoisotopic (exact) mass is 146 g/mol. The lowest BCUT2D eigenvalue weighted by molar-refractivity contribution is -0.120. The Hall–Kier alpha value is -0.370. The largest absolute Gasteiger partial charge is 0.300 e. The van der Waals surface area contributed by atoms with Crippen molar-refractivity contribution in [2.45, 2.75) is 19.3 Å². The third-order valence-electron chi connectivity index (χ3n) is 1.57. The van der Waals surface area contributed by atoms with Crippen molar-refractivity contribution in [3.8, 4) is 0 Å². The first-order valence-corrected chi connectivity index (χ1v) is 3.29. The number of Topliss-reactive ketones (excluding diaryl/α,β-unsaturated/α-hetero) is 1. The van der Waals surface area contributed by atoms with Gasteiger partial charge < -0.3 is 0 Å². The molecule has 0 spiro atoms. The SMILES string of the molecule is O=C1CCC(C(=O)Cl)C1. The molecule has 0 aromatic rings. The zero-order chi connectivity index (χ0) is 6.85. The van der Waals surface area contributed by atoms with Crippen LogP contribution in [0.3, 0.4) is 0 Å². The molecule has 0 aromatic carbocycles. The molecule has 1 aliphatic carbocycles. The first kappa shape index (κ1) is 6.75. The van der Waals surface area contributed by atoms with E-state index in [2.05, 4.69) is 0 Å². The van der Waals surface area contributed by atoms with E-state index in [4.69, 9.17) is 11.6 Å². The lowest BCUT2D eigenvalue weighted by atomic mass is 10.1. The highest BCUT2D eigenvalue weighted by molar-refractivity contribution is 6.64. The van der Waals surface area contributed by atoms with Gasteiger partial charge in [-0.25, -0.2) is 0 Å². The predicted molar refractivity (Wildman–Crippen MR) is 33.2 cm³/mol. The predicted octanol–water partition coefficient (Wildman–Crippen LogP) is 1.12. The number of ketones is 1. The minimum atomic E-state index is -0.360. The molecule has 0 aliphatic heterocycles. The van der Waals surface area contributed by atoms with Crippen LogP contribution in [0.25, 0.3) is 0 Å². The van der Waals surface area contributed by atoms with Crippen molar-refractivity contribution in [1.82, 2.24) is 0 Å². The quantitative estimate of drug-likeness (QED) is 0.520. The van der Waals surface area contributed by atoms with Crippen LogP contribution in [0.2, 0.25) is 0 Å². The number of carbonyl (C=O) groups is 2. The normalized spacial score (nSPS) is 26.8. The molecule has 1 unspecified atom stereocenters. The molecule has 0 heterocycles. The maximum absolute atomic E-state index is 10.5. The summed E-state index contributed by atoms with van der Waals surface area (Å²) < 4.78 is 0. The van der Waals surface area contributed by atoms with Crippen LogP contribution >= 0.6 is 11.6 Å². The minimum absolute atomic E-state index is 0.161. The van der Waals surface area contributed by atoms with Crippen LogP contribution in [0.5, 0.6) is 0 Å². The molecular formula is C6H7ClO2. The zero-order valence-electron chi connectivity index (χ0n) is 4.89. The van der Waals surface area contributed by atoms with Gasteiger partial charge in [-0.2, -0.15) is 0 Å². The number of hydrogen-bond acceptors (Lipinski definition) is 2. The minimum Gasteiger partial charge on any atom is -0.300 e. The van der Waals surface area contributed by atoms with E-state index in [1.165, 1.54) is 0 Å². The summed E-state index contributed by atoms with van der Waals surface area (Å²) in [6.45, 7) is 0. The summed E-state index contributed by atoms with van der Waals surface area (Å²) >= 11 is 5.16. The second-order valence-electron chi connectivity index (χ2n) is 2.28. The van der Waals surface area contributed by atoms with Crippen molar-refractivity contribution in [1.29, 1.82) is 0 Å². The smallest absolute Gasteiger partial charge is 0.225 e. The first-order chi connectivity index (χ1) is 4.20. The van der Waals surface area contributed by atoms with E-state index < -0.39 is 0 Å². The molecule has 2 nitrogen and oxygen atoms in total. The van der Waals surface area contributed by atoms with Gasteiger partial charge in [0.2, 0.25) is 5.24 Å². The topological polar surface area (TPSA) is 34.1 Å². The van der Waals surface area contributed by atoms with Gasteiger partial charge in [0, 0.05) is 18.8 Å². The average Bonchev–Trinajstić information content (AvgIpc) is 2.14. The van der Waals surface area contributed by atoms with Gasteiger partial charge in [0.15, 0.2) is 0 Å². The second-order valence-corrected chi connectivity index (χ2v) is 2.66. The van der Waals surface area contributed by atoms with Crippen LogP contribution in [-0.2, 0) is 9.59 Å². The van der Waals surface area contributed by atoms with Gasteiger partial charge in [-0.15, -0.1) is 0 Å². The van der Waals surface area contributed by atoms with E-state index in [0.29, 0.717) is 19.3 Å². The van der Waals surface area contributed by atoms with Crippen molar-refractivity contribution in [2.24, 2.45) is 5.92 Å². The van der Waals surface area contributed by atoms with Crippen LogP contribution < -0.4 is 0 Å². The summed E-state index contributed by atoms with van der Waals surface area (Å²) in [5.74, 6) is -0.0202. The molecule has 0 N–H and O–H groups in total. The summed E-state index contributed by atoms with van der Waals surface area (Å²) in [4.78, 5) is 21.0. The highest BCUT2D eigenvalue weighted by atomic mass is 35.5. The number of halogens is 1. The highest BCUT2D eigenvalue weighted by Gasteiger charge is 2.26. The molecular weight excluding hydrogens is 140 g/mol. The van der Waals surface area contributed by atoms with E-state index in [1.54, 1.807) is 0 Å². The summed E-state index contributed by atoms with van der Waals surface area (Å²) in [7, 11) is 0. The Morgan fingerprint density at radius 2 is 2.33 bits per heavy atom. The maximum atomic E-state index is 10.5. The molecule has 0 radical (unpaired) electrons. The van der Waals surface area contributed by atoms with Crippen molar-refractivity contribution >= 4 is 22.6 Å². The first-order valence-electron chi connectivity index (χ1n) is 2.91. The Morgan fingerprint density at radius 1 is 1.67 bits per heavy atom. The number of hydrogen-bond donors (Lipinski definition) is 0. The fourth-order valence-electron chi connectivity index (χ4n) is 1.01. The lowest BCUT2D eigenvalue weighted by Gasteiger charge is -1.95. The van der Waals surface area contributed by atoms with Crippen LogP contribution in [0.15, 0.2) is 0 Å². The summed E-state index contributed by atoms with van der Waals surface area (Å²) in [6, 6.07) is 0. The van der Waals surface area contributed by atoms with Crippen molar-refractivity contribution in [2.75, 3.05) is 0 Å². The lowest BCUT2D eigenvalue weighted by Crippen LogP contribution is -2.03. The van der Waals surface area contributed by atoms with Gasteiger partial charge in [-0.1, -0.05) is 0 Å². The van der Waals surface area contributed by atoms with E-state index >= 15 is 0 Å². The molecule has 1 aliphatic rings. The molecule has 1 atom stereocenters.